The summed E-state index contributed by atoms with van der Waals surface area (Å²) >= 11 is 6.32. The van der Waals surface area contributed by atoms with E-state index < -0.39 is 0 Å². The van der Waals surface area contributed by atoms with Gasteiger partial charge in [-0.3, -0.25) is 4.79 Å². The van der Waals surface area contributed by atoms with Crippen molar-refractivity contribution in [1.29, 1.82) is 0 Å². The molecule has 1 amide bonds. The second-order valence-electron chi connectivity index (χ2n) is 7.63. The van der Waals surface area contributed by atoms with Crippen molar-refractivity contribution in [3.05, 3.63) is 71.7 Å². The summed E-state index contributed by atoms with van der Waals surface area (Å²) in [7, 11) is 1.56. The number of rotatable bonds is 8. The predicted octanol–water partition coefficient (Wildman–Crippen LogP) is 5.14. The van der Waals surface area contributed by atoms with Crippen LogP contribution in [0.25, 0.3) is 4.85 Å². The van der Waals surface area contributed by atoms with Crippen LogP contribution in [0.5, 0.6) is 5.75 Å². The number of nitrogens with one attached hydrogen (secondary N) is 3. The van der Waals surface area contributed by atoms with Crippen LogP contribution in [0.4, 0.5) is 40.2 Å². The summed E-state index contributed by atoms with van der Waals surface area (Å²) in [6.45, 7) is 13.4. The molecule has 2 aromatic carbocycles. The number of methoxy groups -OCH3 is 1. The normalized spacial score (nSPS) is 12.9. The number of amides is 1. The second kappa shape index (κ2) is 11.4. The van der Waals surface area contributed by atoms with Crippen molar-refractivity contribution in [2.45, 2.75) is 0 Å². The van der Waals surface area contributed by atoms with Gasteiger partial charge < -0.3 is 30.3 Å². The molecule has 11 heteroatoms. The number of benzene rings is 2. The zero-order chi connectivity index (χ0) is 25.5. The number of aromatic nitrogens is 2. The van der Waals surface area contributed by atoms with Gasteiger partial charge in [-0.25, -0.2) is 9.83 Å². The first-order chi connectivity index (χ1) is 17.5. The number of nitrogens with zero attached hydrogens (tertiary/aromatic N) is 4. The third-order valence-corrected chi connectivity index (χ3v) is 5.66. The molecule has 0 bridgehead atoms. The first-order valence-corrected chi connectivity index (χ1v) is 11.4. The lowest BCUT2D eigenvalue weighted by atomic mass is 10.1. The third kappa shape index (κ3) is 5.66. The van der Waals surface area contributed by atoms with E-state index in [4.69, 9.17) is 27.6 Å². The van der Waals surface area contributed by atoms with Crippen LogP contribution in [0.15, 0.2) is 55.3 Å². The van der Waals surface area contributed by atoms with E-state index in [-0.39, 0.29) is 16.9 Å². The van der Waals surface area contributed by atoms with Crippen LogP contribution in [0.3, 0.4) is 0 Å². The lowest BCUT2D eigenvalue weighted by Gasteiger charge is -2.31. The number of hydrogen-bond donors (Lipinski definition) is 3. The average Bonchev–Trinajstić information content (AvgIpc) is 2.91. The number of carbonyl (C=O) groups is 1. The molecule has 184 valence electrons. The van der Waals surface area contributed by atoms with Crippen LogP contribution in [0.2, 0.25) is 5.02 Å². The zero-order valence-electron chi connectivity index (χ0n) is 19.5. The minimum absolute atomic E-state index is 0.237. The van der Waals surface area contributed by atoms with Crippen LogP contribution in [-0.2, 0) is 9.53 Å². The van der Waals surface area contributed by atoms with Gasteiger partial charge in [0.1, 0.15) is 10.8 Å². The Morgan fingerprint density at radius 3 is 2.72 bits per heavy atom. The highest BCUT2D eigenvalue weighted by molar-refractivity contribution is 6.33. The van der Waals surface area contributed by atoms with Crippen molar-refractivity contribution in [2.75, 3.05) is 54.3 Å². The molecule has 4 rings (SSSR count). The molecule has 1 aliphatic rings. The molecule has 3 N–H and O–H groups in total. The van der Waals surface area contributed by atoms with E-state index in [0.29, 0.717) is 60.6 Å². The topological polar surface area (TPSA) is 105 Å². The number of para-hydroxylation sites is 2. The van der Waals surface area contributed by atoms with Crippen molar-refractivity contribution < 1.29 is 14.3 Å². The van der Waals surface area contributed by atoms with Gasteiger partial charge in [-0.15, -0.1) is 0 Å². The molecule has 0 saturated carbocycles. The van der Waals surface area contributed by atoms with E-state index >= 15 is 0 Å². The zero-order valence-corrected chi connectivity index (χ0v) is 20.3. The average molecular weight is 506 g/mol. The molecule has 0 spiro atoms. The highest BCUT2D eigenvalue weighted by atomic mass is 35.5. The number of ether oxygens (including phenoxy) is 2. The van der Waals surface area contributed by atoms with Gasteiger partial charge in [0.25, 0.3) is 0 Å². The molecule has 0 unspecified atom stereocenters. The van der Waals surface area contributed by atoms with E-state index in [9.17, 15) is 4.79 Å². The molecule has 10 nitrogen and oxygen atoms in total. The summed E-state index contributed by atoms with van der Waals surface area (Å²) in [5, 5.41) is 9.38. The fourth-order valence-electron chi connectivity index (χ4n) is 3.63. The molecule has 3 aromatic rings. The minimum atomic E-state index is -0.340. The van der Waals surface area contributed by atoms with Gasteiger partial charge in [0.2, 0.25) is 17.5 Å². The summed E-state index contributed by atoms with van der Waals surface area (Å²) in [5.41, 5.74) is 2.91. The Morgan fingerprint density at radius 2 is 2.00 bits per heavy atom. The Morgan fingerprint density at radius 1 is 1.22 bits per heavy atom. The Labute approximate surface area is 213 Å². The quantitative estimate of drug-likeness (QED) is 0.285. The van der Waals surface area contributed by atoms with Crippen molar-refractivity contribution in [2.24, 2.45) is 0 Å². The molecular formula is C25H24ClN7O3. The highest BCUT2D eigenvalue weighted by Crippen LogP contribution is 2.39. The number of morpholine rings is 1. The largest absolute Gasteiger partial charge is 0.494 e. The van der Waals surface area contributed by atoms with Crippen LogP contribution >= 0.6 is 11.6 Å². The molecule has 36 heavy (non-hydrogen) atoms. The van der Waals surface area contributed by atoms with Gasteiger partial charge in [0.05, 0.1) is 50.2 Å². The maximum atomic E-state index is 12.2. The van der Waals surface area contributed by atoms with Crippen LogP contribution in [0.1, 0.15) is 0 Å². The molecule has 0 atom stereocenters. The maximum Gasteiger partial charge on any atom is 0.247 e. The Kier molecular flexibility index (Phi) is 7.85. The molecular weight excluding hydrogens is 482 g/mol. The van der Waals surface area contributed by atoms with Gasteiger partial charge in [-0.1, -0.05) is 36.4 Å². The van der Waals surface area contributed by atoms with Crippen molar-refractivity contribution >= 4 is 57.7 Å². The molecule has 1 aliphatic heterocycles. The maximum absolute atomic E-state index is 12.2. The van der Waals surface area contributed by atoms with Crippen molar-refractivity contribution in [1.82, 2.24) is 9.97 Å². The highest BCUT2D eigenvalue weighted by Gasteiger charge is 2.20. The summed E-state index contributed by atoms with van der Waals surface area (Å²) in [6, 6.07) is 10.6. The number of halogens is 1. The van der Waals surface area contributed by atoms with E-state index in [1.165, 1.54) is 12.3 Å². The first-order valence-electron chi connectivity index (χ1n) is 11.0. The van der Waals surface area contributed by atoms with Gasteiger partial charge >= 0.3 is 0 Å². The summed E-state index contributed by atoms with van der Waals surface area (Å²) < 4.78 is 11.1. The van der Waals surface area contributed by atoms with E-state index in [1.54, 1.807) is 31.4 Å². The standard InChI is InChI=1S/C25H24ClN7O3/c1-4-23(34)29-19-13-20(22(35-3)14-21(19)33-9-11-36-12-10-33)31-25-28-15-16(26)24(32-25)30-18-8-6-5-7-17(18)27-2/h4-8,13-15H,1,9-12H2,3H3,(H,29,34)(H2,28,30,31,32). The van der Waals surface area contributed by atoms with E-state index in [1.807, 2.05) is 12.1 Å². The summed E-state index contributed by atoms with van der Waals surface area (Å²) in [5.74, 6) is 0.753. The number of hydrogen-bond acceptors (Lipinski definition) is 8. The lowest BCUT2D eigenvalue weighted by molar-refractivity contribution is -0.111. The number of anilines is 6. The fraction of sp³-hybridized carbons (Fsp3) is 0.200. The van der Waals surface area contributed by atoms with Crippen LogP contribution in [0, 0.1) is 6.57 Å². The minimum Gasteiger partial charge on any atom is -0.494 e. The van der Waals surface area contributed by atoms with Crippen LogP contribution in [-0.4, -0.2) is 49.3 Å². The Bertz CT molecular complexity index is 1320. The Hall–Kier alpha value is -4.33. The lowest BCUT2D eigenvalue weighted by Crippen LogP contribution is -2.36. The molecule has 1 fully saturated rings. The van der Waals surface area contributed by atoms with Gasteiger partial charge in [0.15, 0.2) is 5.82 Å². The summed E-state index contributed by atoms with van der Waals surface area (Å²) in [6.07, 6.45) is 2.66. The predicted molar refractivity (Wildman–Crippen MR) is 141 cm³/mol. The summed E-state index contributed by atoms with van der Waals surface area (Å²) in [4.78, 5) is 26.5. The molecule has 0 aliphatic carbocycles. The molecule has 2 heterocycles. The molecule has 1 aromatic heterocycles. The second-order valence-corrected chi connectivity index (χ2v) is 8.04. The fourth-order valence-corrected chi connectivity index (χ4v) is 3.76. The number of carbonyl (C=O) groups excluding carboxylic acids is 1. The SMILES string of the molecule is [C-]#[N+]c1ccccc1Nc1nc(Nc2cc(NC(=O)C=C)c(N3CCOCC3)cc2OC)ncc1Cl. The third-order valence-electron chi connectivity index (χ3n) is 5.38. The Balaban J connectivity index is 1.68. The van der Waals surface area contributed by atoms with Crippen molar-refractivity contribution in [3.8, 4) is 5.75 Å². The van der Waals surface area contributed by atoms with Gasteiger partial charge in [-0.05, 0) is 18.2 Å². The van der Waals surface area contributed by atoms with Crippen LogP contribution < -0.4 is 25.6 Å². The van der Waals surface area contributed by atoms with Crippen molar-refractivity contribution in [3.63, 3.8) is 0 Å². The molecule has 0 radical (unpaired) electrons. The van der Waals surface area contributed by atoms with Gasteiger partial charge in [-0.2, -0.15) is 4.98 Å². The first kappa shape index (κ1) is 24.8. The monoisotopic (exact) mass is 505 g/mol. The smallest absolute Gasteiger partial charge is 0.247 e. The van der Waals surface area contributed by atoms with E-state index in [2.05, 4.69) is 42.2 Å². The van der Waals surface area contributed by atoms with Gasteiger partial charge in [0, 0.05) is 24.8 Å². The molecule has 1 saturated heterocycles. The van der Waals surface area contributed by atoms with E-state index in [0.717, 1.165) is 5.69 Å².